The van der Waals surface area contributed by atoms with Gasteiger partial charge in [-0.05, 0) is 37.1 Å². The van der Waals surface area contributed by atoms with Gasteiger partial charge in [0.25, 0.3) is 5.56 Å². The molecule has 1 N–H and O–H groups in total. The summed E-state index contributed by atoms with van der Waals surface area (Å²) in [6.07, 6.45) is 0.487. The van der Waals surface area contributed by atoms with E-state index >= 15 is 0 Å². The molecular weight excluding hydrogens is 340 g/mol. The zero-order valence-corrected chi connectivity index (χ0v) is 15.0. The number of benzene rings is 1. The Morgan fingerprint density at radius 3 is 2.64 bits per heavy atom. The van der Waals surface area contributed by atoms with Crippen LogP contribution in [-0.4, -0.2) is 29.7 Å². The predicted molar refractivity (Wildman–Crippen MR) is 96.7 cm³/mol. The van der Waals surface area contributed by atoms with E-state index in [0.717, 1.165) is 11.3 Å². The molecular formula is C18H18N2O4S. The smallest absolute Gasteiger partial charge is 0.348 e. The highest BCUT2D eigenvalue weighted by molar-refractivity contribution is 7.20. The number of methoxy groups -OCH3 is 1. The first-order valence-corrected chi connectivity index (χ1v) is 8.67. The van der Waals surface area contributed by atoms with Crippen molar-refractivity contribution in [1.29, 1.82) is 0 Å². The number of fused-ring (bicyclic) bond motifs is 1. The van der Waals surface area contributed by atoms with Gasteiger partial charge in [0.15, 0.2) is 0 Å². The molecule has 130 valence electrons. The fourth-order valence-corrected chi connectivity index (χ4v) is 3.69. The molecule has 0 aliphatic rings. The number of nitrogens with one attached hydrogen (secondary N) is 1. The van der Waals surface area contributed by atoms with Crippen LogP contribution in [0.5, 0.6) is 5.75 Å². The molecule has 0 bridgehead atoms. The van der Waals surface area contributed by atoms with Crippen molar-refractivity contribution >= 4 is 27.5 Å². The van der Waals surface area contributed by atoms with Crippen molar-refractivity contribution in [2.75, 3.05) is 13.7 Å². The summed E-state index contributed by atoms with van der Waals surface area (Å²) in [5.41, 5.74) is 1.38. The second-order valence-corrected chi connectivity index (χ2v) is 6.49. The van der Waals surface area contributed by atoms with Crippen LogP contribution in [0.2, 0.25) is 0 Å². The minimum atomic E-state index is -0.417. The Hall–Kier alpha value is -2.67. The van der Waals surface area contributed by atoms with Gasteiger partial charge in [0.2, 0.25) is 0 Å². The molecule has 0 unspecified atom stereocenters. The van der Waals surface area contributed by atoms with Crippen molar-refractivity contribution < 1.29 is 14.3 Å². The van der Waals surface area contributed by atoms with Crippen molar-refractivity contribution in [2.24, 2.45) is 0 Å². The van der Waals surface area contributed by atoms with E-state index in [9.17, 15) is 9.59 Å². The van der Waals surface area contributed by atoms with Crippen LogP contribution in [0.3, 0.4) is 0 Å². The van der Waals surface area contributed by atoms with Gasteiger partial charge in [-0.25, -0.2) is 9.78 Å². The number of hydrogen-bond donors (Lipinski definition) is 1. The molecule has 1 aromatic carbocycles. The van der Waals surface area contributed by atoms with Crippen LogP contribution in [0.15, 0.2) is 29.1 Å². The summed E-state index contributed by atoms with van der Waals surface area (Å²) in [5.74, 6) is 0.909. The number of esters is 1. The van der Waals surface area contributed by atoms with E-state index in [1.165, 1.54) is 11.3 Å². The summed E-state index contributed by atoms with van der Waals surface area (Å²) < 4.78 is 10.2. The normalized spacial score (nSPS) is 10.8. The molecule has 25 heavy (non-hydrogen) atoms. The van der Waals surface area contributed by atoms with E-state index in [2.05, 4.69) is 9.97 Å². The number of carbonyl (C=O) groups excluding carboxylic acids is 1. The lowest BCUT2D eigenvalue weighted by molar-refractivity contribution is 0.0531. The lowest BCUT2D eigenvalue weighted by Crippen LogP contribution is -2.12. The molecule has 3 aromatic rings. The standard InChI is InChI=1S/C18H18N2O4S/c1-4-24-18(22)15-10(2)14-16(21)19-13(20-17(14)25-15)9-11-5-7-12(23-3)8-6-11/h5-8H,4,9H2,1-3H3,(H,19,20,21). The molecule has 2 heterocycles. The van der Waals surface area contributed by atoms with Crippen molar-refractivity contribution in [3.63, 3.8) is 0 Å². The summed E-state index contributed by atoms with van der Waals surface area (Å²) >= 11 is 1.19. The number of carbonyl (C=O) groups is 1. The van der Waals surface area contributed by atoms with Crippen molar-refractivity contribution in [2.45, 2.75) is 20.3 Å². The lowest BCUT2D eigenvalue weighted by Gasteiger charge is -2.03. The van der Waals surface area contributed by atoms with Gasteiger partial charge >= 0.3 is 5.97 Å². The third-order valence-electron chi connectivity index (χ3n) is 3.84. The average molecular weight is 358 g/mol. The summed E-state index contributed by atoms with van der Waals surface area (Å²) in [5, 5.41) is 0.450. The number of thiophene rings is 1. The van der Waals surface area contributed by atoms with Crippen molar-refractivity contribution in [3.05, 3.63) is 56.4 Å². The molecule has 0 aliphatic carbocycles. The third kappa shape index (κ3) is 3.41. The lowest BCUT2D eigenvalue weighted by atomic mass is 10.1. The summed E-state index contributed by atoms with van der Waals surface area (Å²) in [4.78, 5) is 32.8. The Bertz CT molecular complexity index is 973. The monoisotopic (exact) mass is 358 g/mol. The molecule has 2 aromatic heterocycles. The van der Waals surface area contributed by atoms with E-state index < -0.39 is 5.97 Å². The second-order valence-electron chi connectivity index (χ2n) is 5.49. The average Bonchev–Trinajstić information content (AvgIpc) is 2.93. The molecule has 7 heteroatoms. The molecule has 0 saturated heterocycles. The van der Waals surface area contributed by atoms with Crippen LogP contribution in [0.1, 0.15) is 33.5 Å². The number of H-pyrrole nitrogens is 1. The van der Waals surface area contributed by atoms with Crippen LogP contribution >= 0.6 is 11.3 Å². The Labute approximate surface area is 148 Å². The van der Waals surface area contributed by atoms with E-state index in [1.54, 1.807) is 21.0 Å². The first-order valence-electron chi connectivity index (χ1n) is 7.85. The molecule has 0 saturated carbocycles. The summed E-state index contributed by atoms with van der Waals surface area (Å²) in [6, 6.07) is 7.57. The van der Waals surface area contributed by atoms with Gasteiger partial charge in [0.1, 0.15) is 21.3 Å². The van der Waals surface area contributed by atoms with Crippen LogP contribution in [-0.2, 0) is 11.2 Å². The van der Waals surface area contributed by atoms with E-state index in [-0.39, 0.29) is 5.56 Å². The number of rotatable bonds is 5. The van der Waals surface area contributed by atoms with Gasteiger partial charge in [0, 0.05) is 6.42 Å². The Kier molecular flexibility index (Phi) is 4.85. The highest BCUT2D eigenvalue weighted by Gasteiger charge is 2.20. The van der Waals surface area contributed by atoms with E-state index in [1.807, 2.05) is 24.3 Å². The van der Waals surface area contributed by atoms with Gasteiger partial charge in [-0.2, -0.15) is 0 Å². The number of nitrogens with zero attached hydrogens (tertiary/aromatic N) is 1. The highest BCUT2D eigenvalue weighted by Crippen LogP contribution is 2.28. The minimum absolute atomic E-state index is 0.238. The number of aromatic nitrogens is 2. The predicted octanol–water partition coefficient (Wildman–Crippen LogP) is 3.07. The Morgan fingerprint density at radius 1 is 1.28 bits per heavy atom. The fourth-order valence-electron chi connectivity index (χ4n) is 2.60. The van der Waals surface area contributed by atoms with E-state index in [0.29, 0.717) is 39.5 Å². The van der Waals surface area contributed by atoms with E-state index in [4.69, 9.17) is 9.47 Å². The molecule has 0 spiro atoms. The maximum absolute atomic E-state index is 12.4. The molecule has 0 fully saturated rings. The topological polar surface area (TPSA) is 81.3 Å². The maximum Gasteiger partial charge on any atom is 0.348 e. The molecule has 0 amide bonds. The molecule has 6 nitrogen and oxygen atoms in total. The first-order chi connectivity index (χ1) is 12.0. The van der Waals surface area contributed by atoms with Gasteiger partial charge in [-0.3, -0.25) is 4.79 Å². The Balaban J connectivity index is 1.98. The fraction of sp³-hybridized carbons (Fsp3) is 0.278. The SMILES string of the molecule is CCOC(=O)c1sc2nc(Cc3ccc(OC)cc3)[nH]c(=O)c2c1C. The molecule has 0 aliphatic heterocycles. The van der Waals surface area contributed by atoms with Crippen LogP contribution in [0, 0.1) is 6.92 Å². The Morgan fingerprint density at radius 2 is 2.00 bits per heavy atom. The minimum Gasteiger partial charge on any atom is -0.497 e. The van der Waals surface area contributed by atoms with Crippen molar-refractivity contribution in [1.82, 2.24) is 9.97 Å². The van der Waals surface area contributed by atoms with Gasteiger partial charge in [0.05, 0.1) is 19.1 Å². The number of aryl methyl sites for hydroxylation is 1. The quantitative estimate of drug-likeness (QED) is 0.709. The largest absolute Gasteiger partial charge is 0.497 e. The number of aromatic amines is 1. The van der Waals surface area contributed by atoms with Crippen molar-refractivity contribution in [3.8, 4) is 5.75 Å². The van der Waals surface area contributed by atoms with Gasteiger partial charge in [-0.15, -0.1) is 11.3 Å². The summed E-state index contributed by atoms with van der Waals surface area (Å²) in [7, 11) is 1.61. The number of hydrogen-bond acceptors (Lipinski definition) is 6. The maximum atomic E-state index is 12.4. The van der Waals surface area contributed by atoms with Gasteiger partial charge in [-0.1, -0.05) is 12.1 Å². The molecule has 3 rings (SSSR count). The first kappa shape index (κ1) is 17.2. The second kappa shape index (κ2) is 7.06. The van der Waals surface area contributed by atoms with Crippen LogP contribution in [0.4, 0.5) is 0 Å². The zero-order chi connectivity index (χ0) is 18.0. The number of ether oxygens (including phenoxy) is 2. The summed E-state index contributed by atoms with van der Waals surface area (Å²) in [6.45, 7) is 3.78. The van der Waals surface area contributed by atoms with Gasteiger partial charge < -0.3 is 14.5 Å². The molecule has 0 radical (unpaired) electrons. The third-order valence-corrected chi connectivity index (χ3v) is 5.01. The zero-order valence-electron chi connectivity index (χ0n) is 14.2. The van der Waals surface area contributed by atoms with Crippen LogP contribution in [0.25, 0.3) is 10.2 Å². The highest BCUT2D eigenvalue weighted by atomic mass is 32.1. The molecule has 0 atom stereocenters. The van der Waals surface area contributed by atoms with Crippen LogP contribution < -0.4 is 10.3 Å².